The minimum Gasteiger partial charge on any atom is -0.315 e. The van der Waals surface area contributed by atoms with E-state index < -0.39 is 0 Å². The second-order valence-corrected chi connectivity index (χ2v) is 11.8. The van der Waals surface area contributed by atoms with Crippen LogP contribution in [0.15, 0.2) is 24.3 Å². The third kappa shape index (κ3) is 5.84. The molecule has 1 saturated heterocycles. The van der Waals surface area contributed by atoms with E-state index in [1.807, 2.05) is 0 Å². The second kappa shape index (κ2) is 9.97. The van der Waals surface area contributed by atoms with Gasteiger partial charge in [0.2, 0.25) is 5.91 Å². The van der Waals surface area contributed by atoms with E-state index in [9.17, 15) is 10.1 Å². The third-order valence-electron chi connectivity index (χ3n) is 7.21. The molecule has 33 heavy (non-hydrogen) atoms. The van der Waals surface area contributed by atoms with Crippen molar-refractivity contribution in [3.63, 3.8) is 0 Å². The molecule has 1 amide bonds. The maximum absolute atomic E-state index is 12.8. The molecule has 4 rings (SSSR count). The molecule has 0 bridgehead atoms. The van der Waals surface area contributed by atoms with Crippen LogP contribution in [0.4, 0.5) is 5.00 Å². The van der Waals surface area contributed by atoms with E-state index in [1.165, 1.54) is 21.6 Å². The number of fused-ring (bicyclic) bond motifs is 1. The summed E-state index contributed by atoms with van der Waals surface area (Å²) in [6.45, 7) is 14.1. The number of thiophene rings is 1. The van der Waals surface area contributed by atoms with Crippen LogP contribution in [-0.4, -0.2) is 48.4 Å². The van der Waals surface area contributed by atoms with Crippen molar-refractivity contribution >= 4 is 22.2 Å². The molecule has 1 aromatic carbocycles. The van der Waals surface area contributed by atoms with Crippen molar-refractivity contribution in [2.75, 3.05) is 38.0 Å². The first-order valence-corrected chi connectivity index (χ1v) is 12.9. The maximum Gasteiger partial charge on any atom is 0.239 e. The van der Waals surface area contributed by atoms with Crippen LogP contribution in [0.2, 0.25) is 0 Å². The van der Waals surface area contributed by atoms with Crippen LogP contribution in [0.1, 0.15) is 54.3 Å². The molecule has 1 atom stereocenters. The number of nitrogens with one attached hydrogen (secondary N) is 1. The van der Waals surface area contributed by atoms with Gasteiger partial charge in [-0.2, -0.15) is 5.26 Å². The Bertz CT molecular complexity index is 1020. The molecule has 0 spiro atoms. The first-order chi connectivity index (χ1) is 15.7. The zero-order valence-corrected chi connectivity index (χ0v) is 21.2. The Balaban J connectivity index is 1.30. The van der Waals surface area contributed by atoms with Gasteiger partial charge < -0.3 is 5.32 Å². The Morgan fingerprint density at radius 2 is 1.82 bits per heavy atom. The highest BCUT2D eigenvalue weighted by Gasteiger charge is 2.32. The van der Waals surface area contributed by atoms with E-state index in [-0.39, 0.29) is 11.3 Å². The van der Waals surface area contributed by atoms with E-state index in [0.717, 1.165) is 57.0 Å². The number of hydrogen-bond donors (Lipinski definition) is 1. The molecule has 1 fully saturated rings. The van der Waals surface area contributed by atoms with E-state index in [0.29, 0.717) is 18.0 Å². The fourth-order valence-corrected chi connectivity index (χ4v) is 6.25. The monoisotopic (exact) mass is 464 g/mol. The van der Waals surface area contributed by atoms with Crippen molar-refractivity contribution in [3.8, 4) is 6.07 Å². The Labute approximate surface area is 202 Å². The van der Waals surface area contributed by atoms with Gasteiger partial charge in [0.1, 0.15) is 11.1 Å². The molecule has 2 heterocycles. The molecule has 1 N–H and O–H groups in total. The Kier molecular flexibility index (Phi) is 7.23. The van der Waals surface area contributed by atoms with Crippen molar-refractivity contribution in [1.29, 1.82) is 5.26 Å². The Morgan fingerprint density at radius 3 is 2.45 bits per heavy atom. The maximum atomic E-state index is 12.8. The van der Waals surface area contributed by atoms with Crippen LogP contribution in [0.5, 0.6) is 0 Å². The molecule has 5 nitrogen and oxygen atoms in total. The number of aryl methyl sites for hydroxylation is 1. The van der Waals surface area contributed by atoms with Crippen molar-refractivity contribution < 1.29 is 4.79 Å². The van der Waals surface area contributed by atoms with Gasteiger partial charge in [-0.05, 0) is 48.6 Å². The van der Waals surface area contributed by atoms with Gasteiger partial charge in [-0.1, -0.05) is 50.6 Å². The van der Waals surface area contributed by atoms with Crippen molar-refractivity contribution in [2.24, 2.45) is 11.3 Å². The first kappa shape index (κ1) is 23.9. The predicted octanol–water partition coefficient (Wildman–Crippen LogP) is 4.84. The van der Waals surface area contributed by atoms with Crippen molar-refractivity contribution in [3.05, 3.63) is 51.4 Å². The number of benzene rings is 1. The minimum atomic E-state index is -0.00977. The molecule has 176 valence electrons. The topological polar surface area (TPSA) is 59.4 Å². The van der Waals surface area contributed by atoms with Crippen LogP contribution >= 0.6 is 11.3 Å². The summed E-state index contributed by atoms with van der Waals surface area (Å²) in [5, 5.41) is 13.6. The SMILES string of the molecule is Cc1ccc(CN2CCN(CC(=O)Nc3sc4c(c3C#N)CCC(C(C)(C)C)C4)CC2)cc1. The summed E-state index contributed by atoms with van der Waals surface area (Å²) in [6.07, 6.45) is 3.06. The van der Waals surface area contributed by atoms with Gasteiger partial charge in [0.05, 0.1) is 12.1 Å². The van der Waals surface area contributed by atoms with Gasteiger partial charge in [0, 0.05) is 37.6 Å². The van der Waals surface area contributed by atoms with Crippen LogP contribution in [0.3, 0.4) is 0 Å². The van der Waals surface area contributed by atoms with Crippen LogP contribution in [-0.2, 0) is 24.2 Å². The second-order valence-electron chi connectivity index (χ2n) is 10.7. The lowest BCUT2D eigenvalue weighted by Crippen LogP contribution is -2.48. The quantitative estimate of drug-likeness (QED) is 0.688. The summed E-state index contributed by atoms with van der Waals surface area (Å²) >= 11 is 1.62. The van der Waals surface area contributed by atoms with Gasteiger partial charge in [0.15, 0.2) is 0 Å². The summed E-state index contributed by atoms with van der Waals surface area (Å²) in [5.74, 6) is 0.611. The molecule has 0 radical (unpaired) electrons. The van der Waals surface area contributed by atoms with Gasteiger partial charge >= 0.3 is 0 Å². The van der Waals surface area contributed by atoms with Crippen LogP contribution in [0, 0.1) is 29.6 Å². The molecular formula is C27H36N4OS. The van der Waals surface area contributed by atoms with Crippen molar-refractivity contribution in [2.45, 2.75) is 53.5 Å². The average molecular weight is 465 g/mol. The lowest BCUT2D eigenvalue weighted by atomic mass is 9.72. The summed E-state index contributed by atoms with van der Waals surface area (Å²) in [6, 6.07) is 11.1. The number of rotatable bonds is 5. The first-order valence-electron chi connectivity index (χ1n) is 12.1. The predicted molar refractivity (Wildman–Crippen MR) is 136 cm³/mol. The fraction of sp³-hybridized carbons (Fsp3) is 0.556. The van der Waals surface area contributed by atoms with Gasteiger partial charge in [-0.25, -0.2) is 0 Å². The number of anilines is 1. The normalized spacial score (nSPS) is 19.7. The highest BCUT2D eigenvalue weighted by molar-refractivity contribution is 7.16. The summed E-state index contributed by atoms with van der Waals surface area (Å²) in [7, 11) is 0. The number of piperazine rings is 1. The van der Waals surface area contributed by atoms with Gasteiger partial charge in [0.25, 0.3) is 0 Å². The number of hydrogen-bond acceptors (Lipinski definition) is 5. The summed E-state index contributed by atoms with van der Waals surface area (Å²) in [5.41, 5.74) is 4.75. The third-order valence-corrected chi connectivity index (χ3v) is 8.38. The fourth-order valence-electron chi connectivity index (χ4n) is 4.96. The van der Waals surface area contributed by atoms with E-state index >= 15 is 0 Å². The lowest BCUT2D eigenvalue weighted by molar-refractivity contribution is -0.117. The molecule has 1 aromatic heterocycles. The van der Waals surface area contributed by atoms with Gasteiger partial charge in [-0.3, -0.25) is 14.6 Å². The lowest BCUT2D eigenvalue weighted by Gasteiger charge is -2.34. The smallest absolute Gasteiger partial charge is 0.239 e. The molecule has 0 saturated carbocycles. The molecule has 1 aliphatic heterocycles. The Morgan fingerprint density at radius 1 is 1.15 bits per heavy atom. The number of nitriles is 1. The zero-order valence-electron chi connectivity index (χ0n) is 20.4. The molecule has 1 unspecified atom stereocenters. The minimum absolute atomic E-state index is 0.00977. The van der Waals surface area contributed by atoms with E-state index in [1.54, 1.807) is 11.3 Å². The summed E-state index contributed by atoms with van der Waals surface area (Å²) < 4.78 is 0. The zero-order chi connectivity index (χ0) is 23.6. The number of amides is 1. The molecule has 2 aromatic rings. The van der Waals surface area contributed by atoms with E-state index in [4.69, 9.17) is 0 Å². The van der Waals surface area contributed by atoms with E-state index in [2.05, 4.69) is 73.1 Å². The molecule has 2 aliphatic rings. The summed E-state index contributed by atoms with van der Waals surface area (Å²) in [4.78, 5) is 18.8. The number of nitrogens with zero attached hydrogens (tertiary/aromatic N) is 3. The number of carbonyl (C=O) groups excluding carboxylic acids is 1. The highest BCUT2D eigenvalue weighted by atomic mass is 32.1. The van der Waals surface area contributed by atoms with Crippen LogP contribution in [0.25, 0.3) is 0 Å². The highest BCUT2D eigenvalue weighted by Crippen LogP contribution is 2.43. The Hall–Kier alpha value is -2.20. The molecular weight excluding hydrogens is 428 g/mol. The molecule has 6 heteroatoms. The largest absolute Gasteiger partial charge is 0.315 e. The number of carbonyl (C=O) groups is 1. The van der Waals surface area contributed by atoms with Crippen molar-refractivity contribution in [1.82, 2.24) is 9.80 Å². The average Bonchev–Trinajstić information content (AvgIpc) is 3.12. The standard InChI is InChI=1S/C27H36N4OS/c1-19-5-7-20(8-6-19)17-30-11-13-31(14-12-30)18-25(32)29-26-23(16-28)22-10-9-21(27(2,3)4)15-24(22)33-26/h5-8,21H,9-15,17-18H2,1-4H3,(H,29,32). The van der Waals surface area contributed by atoms with Gasteiger partial charge in [-0.15, -0.1) is 11.3 Å². The van der Waals surface area contributed by atoms with Crippen LogP contribution < -0.4 is 5.32 Å². The molecule has 1 aliphatic carbocycles.